The maximum atomic E-state index is 12.7. The van der Waals surface area contributed by atoms with Crippen LogP contribution in [0.25, 0.3) is 0 Å². The van der Waals surface area contributed by atoms with Gasteiger partial charge in [-0.15, -0.1) is 5.10 Å². The van der Waals surface area contributed by atoms with Crippen LogP contribution in [-0.2, 0) is 4.74 Å². The van der Waals surface area contributed by atoms with Crippen LogP contribution in [0.2, 0.25) is 0 Å². The van der Waals surface area contributed by atoms with Gasteiger partial charge in [0.15, 0.2) is 11.4 Å². The Morgan fingerprint density at radius 1 is 1.20 bits per heavy atom. The van der Waals surface area contributed by atoms with E-state index in [1.165, 1.54) is 26.4 Å². The highest BCUT2D eigenvalue weighted by Crippen LogP contribution is 2.40. The van der Waals surface area contributed by atoms with Gasteiger partial charge in [-0.05, 0) is 19.1 Å². The van der Waals surface area contributed by atoms with Crippen molar-refractivity contribution in [3.05, 3.63) is 39.2 Å². The van der Waals surface area contributed by atoms with E-state index in [0.717, 1.165) is 0 Å². The predicted octanol–water partition coefficient (Wildman–Crippen LogP) is 1.14. The van der Waals surface area contributed by atoms with Crippen LogP contribution in [0.4, 0.5) is 5.69 Å². The molecule has 0 aliphatic rings. The fourth-order valence-electron chi connectivity index (χ4n) is 2.13. The molecule has 11 heteroatoms. The van der Waals surface area contributed by atoms with Crippen LogP contribution < -0.4 is 9.47 Å². The second-order valence-electron chi connectivity index (χ2n) is 4.52. The highest BCUT2D eigenvalue weighted by atomic mass is 16.6. The molecule has 25 heavy (non-hydrogen) atoms. The van der Waals surface area contributed by atoms with Gasteiger partial charge in [0.1, 0.15) is 5.56 Å². The number of hydrogen-bond donors (Lipinski definition) is 1. The van der Waals surface area contributed by atoms with E-state index < -0.39 is 28.1 Å². The number of esters is 1. The van der Waals surface area contributed by atoms with E-state index in [9.17, 15) is 19.7 Å². The molecule has 0 fully saturated rings. The molecule has 0 radical (unpaired) electrons. The predicted molar refractivity (Wildman–Crippen MR) is 82.0 cm³/mol. The van der Waals surface area contributed by atoms with E-state index in [2.05, 4.69) is 15.4 Å². The lowest BCUT2D eigenvalue weighted by atomic mass is 10.0. The number of aromatic nitrogens is 3. The standard InChI is InChI=1S/C14H14N4O7/c1-4-25-14(20)10-9(15-17-16-10)12(19)7-5-6-8(23-2)13(24-3)11(7)18(21)22/h5-6H,4H2,1-3H3,(H,15,16,17). The van der Waals surface area contributed by atoms with Gasteiger partial charge in [0, 0.05) is 0 Å². The number of carbonyl (C=O) groups excluding carboxylic acids is 2. The van der Waals surface area contributed by atoms with Crippen LogP contribution in [0.15, 0.2) is 12.1 Å². The molecule has 1 heterocycles. The number of methoxy groups -OCH3 is 2. The summed E-state index contributed by atoms with van der Waals surface area (Å²) in [7, 11) is 2.51. The fraction of sp³-hybridized carbons (Fsp3) is 0.286. The van der Waals surface area contributed by atoms with E-state index in [1.54, 1.807) is 6.92 Å². The molecule has 2 rings (SSSR count). The SMILES string of the molecule is CCOC(=O)c1n[nH]nc1C(=O)c1ccc(OC)c(OC)c1[N+](=O)[O-]. The topological polar surface area (TPSA) is 147 Å². The first-order valence-corrected chi connectivity index (χ1v) is 6.98. The monoisotopic (exact) mass is 350 g/mol. The van der Waals surface area contributed by atoms with E-state index in [1.807, 2.05) is 0 Å². The maximum Gasteiger partial charge on any atom is 0.361 e. The smallest absolute Gasteiger partial charge is 0.361 e. The Labute approximate surface area is 141 Å². The molecule has 0 unspecified atom stereocenters. The minimum absolute atomic E-state index is 0.0653. The largest absolute Gasteiger partial charge is 0.493 e. The molecule has 0 aliphatic heterocycles. The Bertz CT molecular complexity index is 831. The summed E-state index contributed by atoms with van der Waals surface area (Å²) >= 11 is 0. The molecule has 0 amide bonds. The van der Waals surface area contributed by atoms with Gasteiger partial charge in [-0.2, -0.15) is 10.3 Å². The first-order valence-electron chi connectivity index (χ1n) is 6.98. The Hall–Kier alpha value is -3.50. The summed E-state index contributed by atoms with van der Waals surface area (Å²) in [5, 5.41) is 20.8. The second-order valence-corrected chi connectivity index (χ2v) is 4.52. The fourth-order valence-corrected chi connectivity index (χ4v) is 2.13. The van der Waals surface area contributed by atoms with Gasteiger partial charge in [0.25, 0.3) is 0 Å². The van der Waals surface area contributed by atoms with Gasteiger partial charge in [0.05, 0.1) is 25.7 Å². The average molecular weight is 350 g/mol. The molecule has 0 saturated heterocycles. The number of nitro benzene ring substituents is 1. The van der Waals surface area contributed by atoms with Crippen molar-refractivity contribution in [3.8, 4) is 11.5 Å². The van der Waals surface area contributed by atoms with Crippen molar-refractivity contribution in [2.24, 2.45) is 0 Å². The van der Waals surface area contributed by atoms with Gasteiger partial charge in [-0.3, -0.25) is 14.9 Å². The van der Waals surface area contributed by atoms with Crippen LogP contribution in [0.5, 0.6) is 11.5 Å². The number of benzene rings is 1. The molecule has 1 aromatic heterocycles. The molecule has 1 N–H and O–H groups in total. The molecular formula is C14H14N4O7. The minimum atomic E-state index is -0.885. The summed E-state index contributed by atoms with van der Waals surface area (Å²) in [6.45, 7) is 1.65. The molecule has 132 valence electrons. The van der Waals surface area contributed by atoms with Crippen LogP contribution in [0.1, 0.15) is 33.5 Å². The highest BCUT2D eigenvalue weighted by Gasteiger charge is 2.33. The molecule has 0 saturated carbocycles. The Morgan fingerprint density at radius 3 is 2.44 bits per heavy atom. The Kier molecular flexibility index (Phi) is 5.27. The first kappa shape index (κ1) is 17.8. The molecule has 2 aromatic rings. The summed E-state index contributed by atoms with van der Waals surface area (Å²) in [6.07, 6.45) is 0. The van der Waals surface area contributed by atoms with Crippen molar-refractivity contribution < 1.29 is 28.7 Å². The number of rotatable bonds is 7. The summed E-state index contributed by atoms with van der Waals surface area (Å²) < 4.78 is 14.8. The molecule has 11 nitrogen and oxygen atoms in total. The maximum absolute atomic E-state index is 12.7. The Morgan fingerprint density at radius 2 is 1.88 bits per heavy atom. The third-order valence-corrected chi connectivity index (χ3v) is 3.18. The number of nitrogens with zero attached hydrogens (tertiary/aromatic N) is 3. The lowest BCUT2D eigenvalue weighted by molar-refractivity contribution is -0.386. The minimum Gasteiger partial charge on any atom is -0.493 e. The molecule has 0 atom stereocenters. The molecule has 1 aromatic carbocycles. The van der Waals surface area contributed by atoms with Gasteiger partial charge in [-0.25, -0.2) is 4.79 Å². The van der Waals surface area contributed by atoms with E-state index >= 15 is 0 Å². The van der Waals surface area contributed by atoms with Gasteiger partial charge >= 0.3 is 11.7 Å². The highest BCUT2D eigenvalue weighted by molar-refractivity contribution is 6.15. The zero-order valence-electron chi connectivity index (χ0n) is 13.6. The van der Waals surface area contributed by atoms with Gasteiger partial charge in [0.2, 0.25) is 17.2 Å². The van der Waals surface area contributed by atoms with Crippen molar-refractivity contribution in [3.63, 3.8) is 0 Å². The number of aromatic amines is 1. The van der Waals surface area contributed by atoms with Gasteiger partial charge in [-0.1, -0.05) is 0 Å². The zero-order chi connectivity index (χ0) is 18.6. The number of ether oxygens (including phenoxy) is 3. The first-order chi connectivity index (χ1) is 12.0. The van der Waals surface area contributed by atoms with Crippen molar-refractivity contribution in [1.82, 2.24) is 15.4 Å². The third kappa shape index (κ3) is 3.24. The lowest BCUT2D eigenvalue weighted by Gasteiger charge is -2.10. The van der Waals surface area contributed by atoms with E-state index in [-0.39, 0.29) is 29.4 Å². The summed E-state index contributed by atoms with van der Waals surface area (Å²) in [6, 6.07) is 2.52. The summed E-state index contributed by atoms with van der Waals surface area (Å²) in [5.74, 6) is -1.90. The molecule has 0 aliphatic carbocycles. The van der Waals surface area contributed by atoms with E-state index in [0.29, 0.717) is 0 Å². The normalized spacial score (nSPS) is 10.2. The van der Waals surface area contributed by atoms with Crippen LogP contribution >= 0.6 is 0 Å². The van der Waals surface area contributed by atoms with Gasteiger partial charge < -0.3 is 14.2 Å². The quantitative estimate of drug-likeness (QED) is 0.336. The zero-order valence-corrected chi connectivity index (χ0v) is 13.6. The van der Waals surface area contributed by atoms with Crippen molar-refractivity contribution in [2.75, 3.05) is 20.8 Å². The number of nitro groups is 1. The summed E-state index contributed by atoms with van der Waals surface area (Å²) in [5.41, 5.74) is -1.70. The molecule has 0 bridgehead atoms. The third-order valence-electron chi connectivity index (χ3n) is 3.18. The van der Waals surface area contributed by atoms with Crippen LogP contribution in [0.3, 0.4) is 0 Å². The van der Waals surface area contributed by atoms with E-state index in [4.69, 9.17) is 14.2 Å². The van der Waals surface area contributed by atoms with Crippen molar-refractivity contribution in [2.45, 2.75) is 6.92 Å². The number of ketones is 1. The van der Waals surface area contributed by atoms with Crippen molar-refractivity contribution >= 4 is 17.4 Å². The number of carbonyl (C=O) groups is 2. The molecule has 0 spiro atoms. The van der Waals surface area contributed by atoms with Crippen molar-refractivity contribution in [1.29, 1.82) is 0 Å². The number of hydrogen-bond acceptors (Lipinski definition) is 9. The number of nitrogens with one attached hydrogen (secondary N) is 1. The molecular weight excluding hydrogens is 336 g/mol. The lowest BCUT2D eigenvalue weighted by Crippen LogP contribution is -2.14. The Balaban J connectivity index is 2.60. The summed E-state index contributed by atoms with van der Waals surface area (Å²) in [4.78, 5) is 35.2. The average Bonchev–Trinajstić information content (AvgIpc) is 3.09. The van der Waals surface area contributed by atoms with Crippen LogP contribution in [-0.4, -0.2) is 52.9 Å². The van der Waals surface area contributed by atoms with Crippen LogP contribution in [0, 0.1) is 10.1 Å². The number of H-pyrrole nitrogens is 1. The second kappa shape index (κ2) is 7.38.